The molecule has 4 nitrogen and oxygen atoms in total. The molecule has 0 aliphatic carbocycles. The predicted molar refractivity (Wildman–Crippen MR) is 73.9 cm³/mol. The van der Waals surface area contributed by atoms with Crippen LogP contribution in [0.1, 0.15) is 36.5 Å². The SMILES string of the molecule is CC1=C2OC(=O)CCC2N(C(=O)c2ccccc2)CC1. The van der Waals surface area contributed by atoms with Crippen molar-refractivity contribution in [2.24, 2.45) is 0 Å². The van der Waals surface area contributed by atoms with Crippen molar-refractivity contribution < 1.29 is 14.3 Å². The molecule has 20 heavy (non-hydrogen) atoms. The minimum absolute atomic E-state index is 0.0125. The lowest BCUT2D eigenvalue weighted by molar-refractivity contribution is -0.144. The average molecular weight is 271 g/mol. The van der Waals surface area contributed by atoms with E-state index in [0.717, 1.165) is 12.0 Å². The second-order valence-electron chi connectivity index (χ2n) is 5.29. The minimum Gasteiger partial charge on any atom is -0.429 e. The maximum atomic E-state index is 12.6. The normalized spacial score (nSPS) is 22.4. The van der Waals surface area contributed by atoms with Gasteiger partial charge in [0.15, 0.2) is 0 Å². The van der Waals surface area contributed by atoms with Crippen molar-refractivity contribution in [3.05, 3.63) is 47.2 Å². The Kier molecular flexibility index (Phi) is 3.30. The zero-order valence-corrected chi connectivity index (χ0v) is 11.5. The largest absolute Gasteiger partial charge is 0.429 e. The van der Waals surface area contributed by atoms with E-state index in [-0.39, 0.29) is 17.9 Å². The van der Waals surface area contributed by atoms with Gasteiger partial charge in [-0.3, -0.25) is 9.59 Å². The van der Waals surface area contributed by atoms with Gasteiger partial charge in [0.25, 0.3) is 5.91 Å². The quantitative estimate of drug-likeness (QED) is 0.737. The van der Waals surface area contributed by atoms with Crippen molar-refractivity contribution in [2.75, 3.05) is 6.54 Å². The summed E-state index contributed by atoms with van der Waals surface area (Å²) in [6.07, 6.45) is 1.79. The molecule has 0 radical (unpaired) electrons. The Bertz CT molecular complexity index is 577. The number of rotatable bonds is 1. The topological polar surface area (TPSA) is 46.6 Å². The van der Waals surface area contributed by atoms with Crippen molar-refractivity contribution in [3.63, 3.8) is 0 Å². The molecule has 1 saturated heterocycles. The molecule has 104 valence electrons. The molecule has 0 N–H and O–H groups in total. The maximum absolute atomic E-state index is 12.6. The molecule has 0 saturated carbocycles. The van der Waals surface area contributed by atoms with E-state index < -0.39 is 0 Å². The Balaban J connectivity index is 1.89. The summed E-state index contributed by atoms with van der Waals surface area (Å²) in [5, 5.41) is 0. The highest BCUT2D eigenvalue weighted by Gasteiger charge is 2.37. The molecule has 1 aromatic rings. The number of carbonyl (C=O) groups excluding carboxylic acids is 2. The molecule has 0 bridgehead atoms. The molecule has 2 aliphatic rings. The molecule has 4 heteroatoms. The highest BCUT2D eigenvalue weighted by molar-refractivity contribution is 5.95. The van der Waals surface area contributed by atoms with Gasteiger partial charge in [0, 0.05) is 18.5 Å². The Morgan fingerprint density at radius 2 is 2.00 bits per heavy atom. The van der Waals surface area contributed by atoms with Crippen LogP contribution in [0.4, 0.5) is 0 Å². The fourth-order valence-corrected chi connectivity index (χ4v) is 2.85. The first-order valence-electron chi connectivity index (χ1n) is 6.93. The van der Waals surface area contributed by atoms with Gasteiger partial charge in [-0.25, -0.2) is 0 Å². The molecule has 1 unspecified atom stereocenters. The number of fused-ring (bicyclic) bond motifs is 1. The summed E-state index contributed by atoms with van der Waals surface area (Å²) in [5.74, 6) is 0.514. The Hall–Kier alpha value is -2.10. The molecular formula is C16H17NO3. The molecule has 3 rings (SSSR count). The first-order chi connectivity index (χ1) is 9.66. The van der Waals surface area contributed by atoms with Crippen LogP contribution in [-0.4, -0.2) is 29.4 Å². The minimum atomic E-state index is -0.190. The van der Waals surface area contributed by atoms with Crippen LogP contribution in [0, 0.1) is 0 Å². The van der Waals surface area contributed by atoms with E-state index in [1.807, 2.05) is 42.2 Å². The summed E-state index contributed by atoms with van der Waals surface area (Å²) < 4.78 is 5.37. The van der Waals surface area contributed by atoms with Crippen molar-refractivity contribution in [1.82, 2.24) is 4.90 Å². The molecule has 2 aliphatic heterocycles. The second-order valence-corrected chi connectivity index (χ2v) is 5.29. The van der Waals surface area contributed by atoms with E-state index in [1.165, 1.54) is 0 Å². The molecule has 1 aromatic carbocycles. The van der Waals surface area contributed by atoms with Crippen LogP contribution >= 0.6 is 0 Å². The summed E-state index contributed by atoms with van der Waals surface area (Å²) in [6, 6.07) is 9.17. The summed E-state index contributed by atoms with van der Waals surface area (Å²) in [7, 11) is 0. The number of amides is 1. The van der Waals surface area contributed by atoms with Gasteiger partial charge in [-0.15, -0.1) is 0 Å². The molecule has 1 fully saturated rings. The Morgan fingerprint density at radius 3 is 2.75 bits per heavy atom. The molecular weight excluding hydrogens is 254 g/mol. The standard InChI is InChI=1S/C16H17NO3/c1-11-9-10-17(13-7-8-14(18)20-15(11)13)16(19)12-5-3-2-4-6-12/h2-6,13H,7-10H2,1H3. The van der Waals surface area contributed by atoms with Gasteiger partial charge < -0.3 is 9.64 Å². The van der Waals surface area contributed by atoms with Crippen LogP contribution in [0.15, 0.2) is 41.7 Å². The number of esters is 1. The summed E-state index contributed by atoms with van der Waals surface area (Å²) in [6.45, 7) is 2.66. The van der Waals surface area contributed by atoms with Crippen LogP contribution in [-0.2, 0) is 9.53 Å². The Labute approximate surface area is 118 Å². The van der Waals surface area contributed by atoms with Crippen molar-refractivity contribution >= 4 is 11.9 Å². The number of nitrogens with zero attached hydrogens (tertiary/aromatic N) is 1. The molecule has 0 aromatic heterocycles. The first kappa shape index (κ1) is 12.9. The maximum Gasteiger partial charge on any atom is 0.311 e. The van der Waals surface area contributed by atoms with E-state index in [1.54, 1.807) is 0 Å². The highest BCUT2D eigenvalue weighted by Crippen LogP contribution is 2.32. The van der Waals surface area contributed by atoms with Gasteiger partial charge in [-0.1, -0.05) is 18.2 Å². The van der Waals surface area contributed by atoms with Gasteiger partial charge in [-0.05, 0) is 37.5 Å². The number of ether oxygens (including phenoxy) is 1. The molecule has 1 amide bonds. The summed E-state index contributed by atoms with van der Waals surface area (Å²) in [4.78, 5) is 25.9. The Morgan fingerprint density at radius 1 is 1.25 bits per heavy atom. The third kappa shape index (κ3) is 2.22. The van der Waals surface area contributed by atoms with Crippen LogP contribution in [0.3, 0.4) is 0 Å². The van der Waals surface area contributed by atoms with E-state index in [4.69, 9.17) is 4.74 Å². The average Bonchev–Trinajstić information content (AvgIpc) is 2.48. The highest BCUT2D eigenvalue weighted by atomic mass is 16.5. The van der Waals surface area contributed by atoms with E-state index in [9.17, 15) is 9.59 Å². The van der Waals surface area contributed by atoms with Crippen molar-refractivity contribution in [2.45, 2.75) is 32.2 Å². The second kappa shape index (κ2) is 5.12. The summed E-state index contributed by atoms with van der Waals surface area (Å²) in [5.41, 5.74) is 1.77. The first-order valence-corrected chi connectivity index (χ1v) is 6.93. The fourth-order valence-electron chi connectivity index (χ4n) is 2.85. The monoisotopic (exact) mass is 271 g/mol. The van der Waals surface area contributed by atoms with Crippen LogP contribution in [0.2, 0.25) is 0 Å². The van der Waals surface area contributed by atoms with E-state index >= 15 is 0 Å². The fraction of sp³-hybridized carbons (Fsp3) is 0.375. The zero-order valence-electron chi connectivity index (χ0n) is 11.5. The summed E-state index contributed by atoms with van der Waals surface area (Å²) >= 11 is 0. The van der Waals surface area contributed by atoms with Gasteiger partial charge in [0.05, 0.1) is 6.04 Å². The zero-order chi connectivity index (χ0) is 14.1. The third-order valence-corrected chi connectivity index (χ3v) is 3.95. The molecule has 2 heterocycles. The van der Waals surface area contributed by atoms with Gasteiger partial charge >= 0.3 is 5.97 Å². The van der Waals surface area contributed by atoms with Gasteiger partial charge in [0.1, 0.15) is 5.76 Å². The number of carbonyl (C=O) groups is 2. The van der Waals surface area contributed by atoms with Crippen molar-refractivity contribution in [3.8, 4) is 0 Å². The lowest BCUT2D eigenvalue weighted by Gasteiger charge is -2.39. The molecule has 0 spiro atoms. The van der Waals surface area contributed by atoms with Crippen molar-refractivity contribution in [1.29, 1.82) is 0 Å². The third-order valence-electron chi connectivity index (χ3n) is 3.95. The van der Waals surface area contributed by atoms with E-state index in [0.29, 0.717) is 30.7 Å². The van der Waals surface area contributed by atoms with Gasteiger partial charge in [0.2, 0.25) is 0 Å². The lowest BCUT2D eigenvalue weighted by atomic mass is 9.94. The number of hydrogen-bond acceptors (Lipinski definition) is 3. The molecule has 1 atom stereocenters. The number of hydrogen-bond donors (Lipinski definition) is 0. The van der Waals surface area contributed by atoms with Crippen LogP contribution in [0.5, 0.6) is 0 Å². The van der Waals surface area contributed by atoms with Crippen LogP contribution in [0.25, 0.3) is 0 Å². The van der Waals surface area contributed by atoms with E-state index in [2.05, 4.69) is 0 Å². The lowest BCUT2D eigenvalue weighted by Crippen LogP contribution is -2.47. The predicted octanol–water partition coefficient (Wildman–Crippen LogP) is 2.51. The van der Waals surface area contributed by atoms with Gasteiger partial charge in [-0.2, -0.15) is 0 Å². The van der Waals surface area contributed by atoms with Crippen LogP contribution < -0.4 is 0 Å². The number of benzene rings is 1. The smallest absolute Gasteiger partial charge is 0.311 e.